The van der Waals surface area contributed by atoms with Crippen LogP contribution in [0.25, 0.3) is 0 Å². The molecule has 2 aromatic carbocycles. The number of rotatable bonds is 5. The Hall–Kier alpha value is -2.34. The largest absolute Gasteiger partial charge is 0.326 e. The molecular formula is C18H20N2O3S. The number of carbonyl (C=O) groups is 1. The fourth-order valence-electron chi connectivity index (χ4n) is 2.82. The summed E-state index contributed by atoms with van der Waals surface area (Å²) in [6.07, 6.45) is 1.13. The monoisotopic (exact) mass is 344 g/mol. The third-order valence-corrected chi connectivity index (χ3v) is 5.72. The van der Waals surface area contributed by atoms with Crippen LogP contribution in [0.15, 0.2) is 47.4 Å². The lowest BCUT2D eigenvalue weighted by Crippen LogP contribution is -2.15. The lowest BCUT2D eigenvalue weighted by Gasteiger charge is -2.16. The van der Waals surface area contributed by atoms with Crippen molar-refractivity contribution in [2.75, 3.05) is 10.0 Å². The number of carbonyl (C=O) groups excluding carboxylic acids is 1. The quantitative estimate of drug-likeness (QED) is 0.872. The molecule has 5 nitrogen and oxygen atoms in total. The molecule has 0 radical (unpaired) electrons. The van der Waals surface area contributed by atoms with Gasteiger partial charge in [-0.25, -0.2) is 8.42 Å². The second-order valence-electron chi connectivity index (χ2n) is 6.05. The first kappa shape index (κ1) is 16.5. The first-order valence-electron chi connectivity index (χ1n) is 7.95. The second kappa shape index (κ2) is 6.28. The van der Waals surface area contributed by atoms with Crippen LogP contribution < -0.4 is 10.0 Å². The number of nitrogens with one attached hydrogen (secondary N) is 2. The molecule has 1 heterocycles. The van der Waals surface area contributed by atoms with Crippen LogP contribution >= 0.6 is 0 Å². The molecule has 0 saturated heterocycles. The van der Waals surface area contributed by atoms with Crippen LogP contribution in [-0.4, -0.2) is 14.3 Å². The van der Waals surface area contributed by atoms with Crippen molar-refractivity contribution in [3.63, 3.8) is 0 Å². The fraction of sp³-hybridized carbons (Fsp3) is 0.278. The van der Waals surface area contributed by atoms with Crippen molar-refractivity contribution >= 4 is 27.3 Å². The molecule has 0 spiro atoms. The molecule has 2 aromatic rings. The summed E-state index contributed by atoms with van der Waals surface area (Å²) in [6, 6.07) is 12.1. The molecule has 3 rings (SSSR count). The minimum absolute atomic E-state index is 0.116. The molecule has 1 amide bonds. The summed E-state index contributed by atoms with van der Waals surface area (Å²) in [7, 11) is -3.71. The van der Waals surface area contributed by atoms with E-state index >= 15 is 0 Å². The van der Waals surface area contributed by atoms with Gasteiger partial charge in [0.05, 0.1) is 17.0 Å². The Morgan fingerprint density at radius 1 is 1.21 bits per heavy atom. The Morgan fingerprint density at radius 3 is 2.71 bits per heavy atom. The zero-order valence-corrected chi connectivity index (χ0v) is 14.5. The summed E-state index contributed by atoms with van der Waals surface area (Å²) in [4.78, 5) is 11.6. The van der Waals surface area contributed by atoms with Crippen LogP contribution in [0.4, 0.5) is 11.4 Å². The molecule has 1 atom stereocenters. The molecule has 1 aliphatic heterocycles. The SMILES string of the molecule is CC[C@@H](C)c1ccccc1NS(=O)(=O)c1ccc2c(c1)CC(=O)N2. The maximum atomic E-state index is 12.7. The van der Waals surface area contributed by atoms with Crippen LogP contribution in [-0.2, 0) is 21.2 Å². The highest BCUT2D eigenvalue weighted by Gasteiger charge is 2.22. The third kappa shape index (κ3) is 3.14. The van der Waals surface area contributed by atoms with E-state index in [1.807, 2.05) is 18.2 Å². The van der Waals surface area contributed by atoms with Gasteiger partial charge >= 0.3 is 0 Å². The summed E-state index contributed by atoms with van der Waals surface area (Å²) < 4.78 is 28.1. The first-order chi connectivity index (χ1) is 11.4. The molecule has 126 valence electrons. The minimum atomic E-state index is -3.71. The van der Waals surface area contributed by atoms with Gasteiger partial charge in [0.2, 0.25) is 5.91 Å². The molecule has 24 heavy (non-hydrogen) atoms. The van der Waals surface area contributed by atoms with E-state index in [1.54, 1.807) is 18.2 Å². The van der Waals surface area contributed by atoms with Crippen molar-refractivity contribution in [3.8, 4) is 0 Å². The lowest BCUT2D eigenvalue weighted by molar-refractivity contribution is -0.115. The normalized spacial score (nSPS) is 14.8. The van der Waals surface area contributed by atoms with E-state index in [0.29, 0.717) is 16.9 Å². The number of fused-ring (bicyclic) bond motifs is 1. The number of hydrogen-bond donors (Lipinski definition) is 2. The molecule has 2 N–H and O–H groups in total. The van der Waals surface area contributed by atoms with Crippen LogP contribution in [0.5, 0.6) is 0 Å². The smallest absolute Gasteiger partial charge is 0.261 e. The molecule has 0 fully saturated rings. The topological polar surface area (TPSA) is 75.3 Å². The van der Waals surface area contributed by atoms with Crippen molar-refractivity contribution < 1.29 is 13.2 Å². The van der Waals surface area contributed by atoms with E-state index in [4.69, 9.17) is 0 Å². The predicted octanol–water partition coefficient (Wildman–Crippen LogP) is 3.50. The third-order valence-electron chi connectivity index (χ3n) is 4.36. The maximum absolute atomic E-state index is 12.7. The van der Waals surface area contributed by atoms with Gasteiger partial charge in [0.15, 0.2) is 0 Å². The highest BCUT2D eigenvalue weighted by atomic mass is 32.2. The molecule has 6 heteroatoms. The Balaban J connectivity index is 1.93. The van der Waals surface area contributed by atoms with Gasteiger partial charge in [-0.3, -0.25) is 9.52 Å². The van der Waals surface area contributed by atoms with E-state index in [0.717, 1.165) is 12.0 Å². The van der Waals surface area contributed by atoms with Gasteiger partial charge in [-0.15, -0.1) is 0 Å². The predicted molar refractivity (Wildman–Crippen MR) is 94.7 cm³/mol. The summed E-state index contributed by atoms with van der Waals surface area (Å²) in [5, 5.41) is 2.70. The van der Waals surface area contributed by atoms with Crippen molar-refractivity contribution in [3.05, 3.63) is 53.6 Å². The fourth-order valence-corrected chi connectivity index (χ4v) is 3.95. The average molecular weight is 344 g/mol. The summed E-state index contributed by atoms with van der Waals surface area (Å²) in [6.45, 7) is 4.14. The van der Waals surface area contributed by atoms with Gasteiger partial charge in [-0.1, -0.05) is 32.0 Å². The number of benzene rings is 2. The molecule has 0 bridgehead atoms. The summed E-state index contributed by atoms with van der Waals surface area (Å²) >= 11 is 0. The molecule has 0 unspecified atom stereocenters. The van der Waals surface area contributed by atoms with Crippen LogP contribution in [0.1, 0.15) is 37.3 Å². The highest BCUT2D eigenvalue weighted by Crippen LogP contribution is 2.30. The van der Waals surface area contributed by atoms with Crippen LogP contribution in [0.2, 0.25) is 0 Å². The van der Waals surface area contributed by atoms with E-state index < -0.39 is 10.0 Å². The minimum Gasteiger partial charge on any atom is -0.326 e. The maximum Gasteiger partial charge on any atom is 0.261 e. The van der Waals surface area contributed by atoms with Gasteiger partial charge in [0.25, 0.3) is 10.0 Å². The van der Waals surface area contributed by atoms with E-state index in [2.05, 4.69) is 23.9 Å². The molecule has 0 saturated carbocycles. The van der Waals surface area contributed by atoms with Gasteiger partial charge in [0.1, 0.15) is 0 Å². The number of sulfonamides is 1. The zero-order valence-electron chi connectivity index (χ0n) is 13.7. The Labute approximate surface area is 142 Å². The molecular weight excluding hydrogens is 324 g/mol. The van der Waals surface area contributed by atoms with E-state index in [9.17, 15) is 13.2 Å². The van der Waals surface area contributed by atoms with Crippen LogP contribution in [0.3, 0.4) is 0 Å². The van der Waals surface area contributed by atoms with Crippen LogP contribution in [0, 0.1) is 0 Å². The van der Waals surface area contributed by atoms with E-state index in [1.165, 1.54) is 6.07 Å². The average Bonchev–Trinajstić information content (AvgIpc) is 2.93. The summed E-state index contributed by atoms with van der Waals surface area (Å²) in [5.41, 5.74) is 2.96. The van der Waals surface area contributed by atoms with Gasteiger partial charge in [-0.2, -0.15) is 0 Å². The Morgan fingerprint density at radius 2 is 1.96 bits per heavy atom. The first-order valence-corrected chi connectivity index (χ1v) is 9.43. The van der Waals surface area contributed by atoms with Crippen molar-refractivity contribution in [2.45, 2.75) is 37.5 Å². The number of para-hydroxylation sites is 1. The molecule has 1 aliphatic rings. The van der Waals surface area contributed by atoms with Crippen molar-refractivity contribution in [2.24, 2.45) is 0 Å². The summed E-state index contributed by atoms with van der Waals surface area (Å²) in [5.74, 6) is 0.139. The molecule has 0 aromatic heterocycles. The number of anilines is 2. The van der Waals surface area contributed by atoms with Gasteiger partial charge in [0, 0.05) is 5.69 Å². The molecule has 0 aliphatic carbocycles. The number of amides is 1. The second-order valence-corrected chi connectivity index (χ2v) is 7.73. The highest BCUT2D eigenvalue weighted by molar-refractivity contribution is 7.92. The zero-order chi connectivity index (χ0) is 17.3. The van der Waals surface area contributed by atoms with Crippen molar-refractivity contribution in [1.29, 1.82) is 0 Å². The lowest BCUT2D eigenvalue weighted by atomic mass is 9.97. The van der Waals surface area contributed by atoms with E-state index in [-0.39, 0.29) is 23.1 Å². The number of hydrogen-bond acceptors (Lipinski definition) is 3. The van der Waals surface area contributed by atoms with Crippen molar-refractivity contribution in [1.82, 2.24) is 0 Å². The standard InChI is InChI=1S/C18H20N2O3S/c1-3-12(2)15-6-4-5-7-17(15)20-24(22,23)14-8-9-16-13(10-14)11-18(21)19-16/h4-10,12,20H,3,11H2,1-2H3,(H,19,21)/t12-/m1/s1. The Bertz CT molecular complexity index is 891. The van der Waals surface area contributed by atoms with Gasteiger partial charge < -0.3 is 5.32 Å². The Kier molecular flexibility index (Phi) is 4.32. The van der Waals surface area contributed by atoms with Gasteiger partial charge in [-0.05, 0) is 47.7 Å².